The van der Waals surface area contributed by atoms with E-state index in [0.29, 0.717) is 19.0 Å². The fourth-order valence-corrected chi connectivity index (χ4v) is 2.95. The van der Waals surface area contributed by atoms with Crippen LogP contribution < -0.4 is 16.6 Å². The van der Waals surface area contributed by atoms with Crippen LogP contribution >= 0.6 is 0 Å². The molecule has 6 nitrogen and oxygen atoms in total. The Hall–Kier alpha value is -2.34. The first-order valence-electron chi connectivity index (χ1n) is 7.84. The van der Waals surface area contributed by atoms with Crippen LogP contribution in [-0.2, 0) is 11.3 Å². The van der Waals surface area contributed by atoms with Gasteiger partial charge < -0.3 is 10.1 Å². The molecule has 2 aromatic rings. The molecule has 122 valence electrons. The molecule has 1 aliphatic heterocycles. The van der Waals surface area contributed by atoms with Gasteiger partial charge in [-0.3, -0.25) is 14.3 Å². The van der Waals surface area contributed by atoms with Crippen molar-refractivity contribution in [3.63, 3.8) is 0 Å². The number of anilines is 1. The number of hydrogen-bond acceptors (Lipinski definition) is 4. The molecule has 0 amide bonds. The Morgan fingerprint density at radius 3 is 2.83 bits per heavy atom. The average Bonchev–Trinajstić information content (AvgIpc) is 2.69. The summed E-state index contributed by atoms with van der Waals surface area (Å²) in [4.78, 5) is 27.0. The van der Waals surface area contributed by atoms with Gasteiger partial charge in [0.2, 0.25) is 0 Å². The molecule has 1 atom stereocenters. The lowest BCUT2D eigenvalue weighted by Crippen LogP contribution is -2.36. The van der Waals surface area contributed by atoms with Gasteiger partial charge in [0.15, 0.2) is 0 Å². The minimum absolute atomic E-state index is 0.00125. The van der Waals surface area contributed by atoms with Gasteiger partial charge in [0, 0.05) is 18.7 Å². The van der Waals surface area contributed by atoms with Crippen LogP contribution in [-0.4, -0.2) is 16.2 Å². The highest BCUT2D eigenvalue weighted by atomic mass is 16.5. The summed E-state index contributed by atoms with van der Waals surface area (Å²) in [7, 11) is 0. The predicted molar refractivity (Wildman–Crippen MR) is 88.8 cm³/mol. The zero-order valence-electron chi connectivity index (χ0n) is 13.3. The SMILES string of the molecule is CC(C)n1c(=O)cc(N[C@H]2CCOCc3ccccc32)[nH]c1=O. The van der Waals surface area contributed by atoms with E-state index in [1.54, 1.807) is 0 Å². The predicted octanol–water partition coefficient (Wildman–Crippen LogP) is 2.19. The molecule has 2 heterocycles. The van der Waals surface area contributed by atoms with Crippen LogP contribution in [0.25, 0.3) is 0 Å². The fourth-order valence-electron chi connectivity index (χ4n) is 2.95. The van der Waals surface area contributed by atoms with E-state index in [1.807, 2.05) is 32.0 Å². The number of nitrogens with zero attached hydrogens (tertiary/aromatic N) is 1. The van der Waals surface area contributed by atoms with Crippen molar-refractivity contribution in [3.05, 3.63) is 62.3 Å². The van der Waals surface area contributed by atoms with Crippen LogP contribution in [0.2, 0.25) is 0 Å². The summed E-state index contributed by atoms with van der Waals surface area (Å²) in [5.74, 6) is 0.443. The van der Waals surface area contributed by atoms with Crippen molar-refractivity contribution in [1.82, 2.24) is 9.55 Å². The topological polar surface area (TPSA) is 76.1 Å². The maximum Gasteiger partial charge on any atom is 0.330 e. The summed E-state index contributed by atoms with van der Waals surface area (Å²) < 4.78 is 6.81. The van der Waals surface area contributed by atoms with E-state index in [2.05, 4.69) is 16.4 Å². The normalized spacial score (nSPS) is 17.6. The largest absolute Gasteiger partial charge is 0.377 e. The highest BCUT2D eigenvalue weighted by molar-refractivity contribution is 5.40. The van der Waals surface area contributed by atoms with Crippen LogP contribution in [0.5, 0.6) is 0 Å². The molecule has 0 bridgehead atoms. The Labute approximate surface area is 134 Å². The lowest BCUT2D eigenvalue weighted by Gasteiger charge is -2.20. The minimum atomic E-state index is -0.395. The molecule has 1 aromatic carbocycles. The number of aromatic amines is 1. The van der Waals surface area contributed by atoms with E-state index in [4.69, 9.17) is 4.74 Å². The minimum Gasteiger partial charge on any atom is -0.377 e. The summed E-state index contributed by atoms with van der Waals surface area (Å²) in [5, 5.41) is 3.28. The molecule has 0 saturated heterocycles. The Morgan fingerprint density at radius 2 is 2.09 bits per heavy atom. The fraction of sp³-hybridized carbons (Fsp3) is 0.412. The molecular formula is C17H21N3O3. The molecule has 0 radical (unpaired) electrons. The Morgan fingerprint density at radius 1 is 1.30 bits per heavy atom. The van der Waals surface area contributed by atoms with Crippen LogP contribution in [0.4, 0.5) is 5.82 Å². The zero-order chi connectivity index (χ0) is 16.4. The summed E-state index contributed by atoms with van der Waals surface area (Å²) in [5.41, 5.74) is 1.57. The van der Waals surface area contributed by atoms with Crippen LogP contribution in [0.3, 0.4) is 0 Å². The van der Waals surface area contributed by atoms with Crippen molar-refractivity contribution in [1.29, 1.82) is 0 Å². The zero-order valence-corrected chi connectivity index (χ0v) is 13.3. The van der Waals surface area contributed by atoms with Gasteiger partial charge in [0.1, 0.15) is 5.82 Å². The average molecular weight is 315 g/mol. The second kappa shape index (κ2) is 6.42. The van der Waals surface area contributed by atoms with Crippen molar-refractivity contribution in [2.24, 2.45) is 0 Å². The van der Waals surface area contributed by atoms with Gasteiger partial charge in [-0.25, -0.2) is 4.79 Å². The van der Waals surface area contributed by atoms with Crippen molar-refractivity contribution < 1.29 is 4.74 Å². The quantitative estimate of drug-likeness (QED) is 0.910. The second-order valence-corrected chi connectivity index (χ2v) is 6.03. The van der Waals surface area contributed by atoms with Gasteiger partial charge in [-0.1, -0.05) is 24.3 Å². The van der Waals surface area contributed by atoms with Crippen LogP contribution in [0, 0.1) is 0 Å². The number of benzene rings is 1. The van der Waals surface area contributed by atoms with E-state index in [-0.39, 0.29) is 17.6 Å². The van der Waals surface area contributed by atoms with Gasteiger partial charge >= 0.3 is 5.69 Å². The Bertz CT molecular complexity index is 776. The second-order valence-electron chi connectivity index (χ2n) is 6.03. The molecule has 0 spiro atoms. The van der Waals surface area contributed by atoms with Crippen molar-refractivity contribution in [3.8, 4) is 0 Å². The number of ether oxygens (including phenoxy) is 1. The first-order chi connectivity index (χ1) is 11.1. The first-order valence-corrected chi connectivity index (χ1v) is 7.84. The molecule has 1 aliphatic rings. The molecule has 0 fully saturated rings. The lowest BCUT2D eigenvalue weighted by molar-refractivity contribution is 0.123. The van der Waals surface area contributed by atoms with E-state index >= 15 is 0 Å². The molecule has 23 heavy (non-hydrogen) atoms. The Kier molecular flexibility index (Phi) is 4.34. The maximum absolute atomic E-state index is 12.1. The molecule has 3 rings (SSSR count). The molecule has 6 heteroatoms. The molecule has 1 aromatic heterocycles. The number of H-pyrrole nitrogens is 1. The molecule has 0 saturated carbocycles. The third-order valence-corrected chi connectivity index (χ3v) is 4.05. The summed E-state index contributed by atoms with van der Waals surface area (Å²) in [6, 6.07) is 9.32. The van der Waals surface area contributed by atoms with E-state index < -0.39 is 5.69 Å². The Balaban J connectivity index is 1.94. The molecule has 0 aliphatic carbocycles. The van der Waals surface area contributed by atoms with Crippen molar-refractivity contribution >= 4 is 5.82 Å². The molecule has 0 unspecified atom stereocenters. The van der Waals surface area contributed by atoms with Crippen molar-refractivity contribution in [2.45, 2.75) is 39.0 Å². The first kappa shape index (κ1) is 15.6. The summed E-state index contributed by atoms with van der Waals surface area (Å²) in [6.07, 6.45) is 0.770. The van der Waals surface area contributed by atoms with Crippen LogP contribution in [0.1, 0.15) is 43.5 Å². The summed E-state index contributed by atoms with van der Waals surface area (Å²) >= 11 is 0. The number of fused-ring (bicyclic) bond motifs is 1. The van der Waals surface area contributed by atoms with Gasteiger partial charge in [0.25, 0.3) is 5.56 Å². The number of hydrogen-bond donors (Lipinski definition) is 2. The maximum atomic E-state index is 12.1. The number of rotatable bonds is 3. The van der Waals surface area contributed by atoms with E-state index in [0.717, 1.165) is 17.5 Å². The molecular weight excluding hydrogens is 294 g/mol. The third-order valence-electron chi connectivity index (χ3n) is 4.05. The van der Waals surface area contributed by atoms with Gasteiger partial charge in [0.05, 0.1) is 12.6 Å². The summed E-state index contributed by atoms with van der Waals surface area (Å²) in [6.45, 7) is 4.82. The van der Waals surface area contributed by atoms with E-state index in [9.17, 15) is 9.59 Å². The lowest BCUT2D eigenvalue weighted by atomic mass is 9.99. The van der Waals surface area contributed by atoms with Crippen molar-refractivity contribution in [2.75, 3.05) is 11.9 Å². The molecule has 2 N–H and O–H groups in total. The highest BCUT2D eigenvalue weighted by Gasteiger charge is 2.19. The van der Waals surface area contributed by atoms with Gasteiger partial charge in [-0.05, 0) is 31.4 Å². The standard InChI is InChI=1S/C17H21N3O3/c1-11(2)20-16(21)9-15(19-17(20)22)18-14-7-8-23-10-12-5-3-4-6-13(12)14/h3-6,9,11,14,18H,7-8,10H2,1-2H3,(H,19,22)/t14-/m0/s1. The number of nitrogens with one attached hydrogen (secondary N) is 2. The van der Waals surface area contributed by atoms with Gasteiger partial charge in [-0.2, -0.15) is 0 Å². The van der Waals surface area contributed by atoms with E-state index in [1.165, 1.54) is 10.6 Å². The highest BCUT2D eigenvalue weighted by Crippen LogP contribution is 2.27. The monoisotopic (exact) mass is 315 g/mol. The van der Waals surface area contributed by atoms with Crippen LogP contribution in [0.15, 0.2) is 39.9 Å². The smallest absolute Gasteiger partial charge is 0.330 e. The number of aromatic nitrogens is 2. The van der Waals surface area contributed by atoms with Gasteiger partial charge in [-0.15, -0.1) is 0 Å². The third kappa shape index (κ3) is 3.22.